The monoisotopic (exact) mass is 384 g/mol. The minimum absolute atomic E-state index is 0.203. The van der Waals surface area contributed by atoms with Gasteiger partial charge in [0.1, 0.15) is 6.33 Å². The second-order valence-corrected chi connectivity index (χ2v) is 6.15. The van der Waals surface area contributed by atoms with E-state index in [1.807, 2.05) is 6.07 Å². The first kappa shape index (κ1) is 18.1. The van der Waals surface area contributed by atoms with Crippen molar-refractivity contribution in [3.05, 3.63) is 96.3 Å². The van der Waals surface area contributed by atoms with E-state index in [4.69, 9.17) is 0 Å². The Morgan fingerprint density at radius 3 is 1.79 bits per heavy atom. The summed E-state index contributed by atoms with van der Waals surface area (Å²) in [6.45, 7) is 0. The summed E-state index contributed by atoms with van der Waals surface area (Å²) in [5.41, 5.74) is 3.09. The molecule has 2 amide bonds. The Bertz CT molecular complexity index is 1110. The van der Waals surface area contributed by atoms with Crippen LogP contribution in [-0.2, 0) is 0 Å². The van der Waals surface area contributed by atoms with Crippen LogP contribution in [0.2, 0.25) is 0 Å². The van der Waals surface area contributed by atoms with Crippen LogP contribution in [0.25, 0.3) is 5.69 Å². The Hall–Kier alpha value is -4.33. The number of anilines is 2. The number of carbonyl (C=O) groups excluding carboxylic acids is 2. The van der Waals surface area contributed by atoms with E-state index in [1.165, 1.54) is 11.0 Å². The molecule has 8 nitrogen and oxygen atoms in total. The molecule has 0 saturated carbocycles. The smallest absolute Gasteiger partial charge is 0.255 e. The standard InChI is InChI=1S/C21H16N6O2/c28-20(15-4-2-1-3-5-15)23-17-8-6-16(7-9-17)21(29)24-18-10-12-19(13-11-18)27-14-22-25-26-27/h1-14H,(H,23,28)(H,24,29). The van der Waals surface area contributed by atoms with E-state index in [1.54, 1.807) is 72.8 Å². The van der Waals surface area contributed by atoms with Crippen molar-refractivity contribution in [1.29, 1.82) is 0 Å². The average Bonchev–Trinajstić information content (AvgIpc) is 3.30. The summed E-state index contributed by atoms with van der Waals surface area (Å²) in [6.07, 6.45) is 1.49. The second-order valence-electron chi connectivity index (χ2n) is 6.15. The molecule has 142 valence electrons. The Morgan fingerprint density at radius 1 is 0.690 bits per heavy atom. The SMILES string of the molecule is O=C(Nc1ccc(C(=O)Nc2ccc(-n3cnnn3)cc2)cc1)c1ccccc1. The van der Waals surface area contributed by atoms with Gasteiger partial charge < -0.3 is 10.6 Å². The lowest BCUT2D eigenvalue weighted by Gasteiger charge is -2.08. The van der Waals surface area contributed by atoms with Crippen LogP contribution < -0.4 is 10.6 Å². The Labute approximate surface area is 166 Å². The Morgan fingerprint density at radius 2 is 1.24 bits per heavy atom. The van der Waals surface area contributed by atoms with Crippen molar-refractivity contribution >= 4 is 23.2 Å². The van der Waals surface area contributed by atoms with Crippen molar-refractivity contribution in [2.75, 3.05) is 10.6 Å². The number of benzene rings is 3. The lowest BCUT2D eigenvalue weighted by atomic mass is 10.1. The van der Waals surface area contributed by atoms with Gasteiger partial charge in [-0.15, -0.1) is 5.10 Å². The molecule has 0 fully saturated rings. The lowest BCUT2D eigenvalue weighted by Crippen LogP contribution is -2.13. The number of rotatable bonds is 5. The molecule has 0 saturated heterocycles. The molecule has 0 atom stereocenters. The molecule has 1 heterocycles. The molecule has 0 aliphatic rings. The molecule has 29 heavy (non-hydrogen) atoms. The van der Waals surface area contributed by atoms with Gasteiger partial charge in [0.05, 0.1) is 5.69 Å². The molecule has 3 aromatic carbocycles. The summed E-state index contributed by atoms with van der Waals surface area (Å²) in [6, 6.07) is 22.8. The van der Waals surface area contributed by atoms with E-state index < -0.39 is 0 Å². The van der Waals surface area contributed by atoms with Gasteiger partial charge in [0.2, 0.25) is 0 Å². The Balaban J connectivity index is 1.38. The highest BCUT2D eigenvalue weighted by atomic mass is 16.2. The van der Waals surface area contributed by atoms with Crippen LogP contribution in [0.1, 0.15) is 20.7 Å². The van der Waals surface area contributed by atoms with Gasteiger partial charge in [0, 0.05) is 22.5 Å². The normalized spacial score (nSPS) is 10.3. The second kappa shape index (κ2) is 8.13. The minimum Gasteiger partial charge on any atom is -0.322 e. The zero-order chi connectivity index (χ0) is 20.1. The first-order valence-electron chi connectivity index (χ1n) is 8.80. The van der Waals surface area contributed by atoms with Crippen molar-refractivity contribution < 1.29 is 9.59 Å². The maximum absolute atomic E-state index is 12.4. The van der Waals surface area contributed by atoms with Crippen LogP contribution >= 0.6 is 0 Å². The molecule has 0 bridgehead atoms. The highest BCUT2D eigenvalue weighted by Gasteiger charge is 2.09. The number of aromatic nitrogens is 4. The predicted molar refractivity (Wildman–Crippen MR) is 108 cm³/mol. The van der Waals surface area contributed by atoms with E-state index in [0.29, 0.717) is 22.5 Å². The molecule has 4 aromatic rings. The molecular weight excluding hydrogens is 368 g/mol. The molecule has 8 heteroatoms. The van der Waals surface area contributed by atoms with E-state index >= 15 is 0 Å². The quantitative estimate of drug-likeness (QED) is 0.550. The number of amides is 2. The lowest BCUT2D eigenvalue weighted by molar-refractivity contribution is 0.102. The van der Waals surface area contributed by atoms with Crippen LogP contribution in [0.5, 0.6) is 0 Å². The summed E-state index contributed by atoms with van der Waals surface area (Å²) in [7, 11) is 0. The number of carbonyl (C=O) groups is 2. The van der Waals surface area contributed by atoms with Crippen molar-refractivity contribution in [3.8, 4) is 5.69 Å². The topological polar surface area (TPSA) is 102 Å². The van der Waals surface area contributed by atoms with Gasteiger partial charge in [0.25, 0.3) is 11.8 Å². The molecule has 0 radical (unpaired) electrons. The fourth-order valence-electron chi connectivity index (χ4n) is 2.68. The van der Waals surface area contributed by atoms with Gasteiger partial charge >= 0.3 is 0 Å². The summed E-state index contributed by atoms with van der Waals surface area (Å²) in [5, 5.41) is 16.6. The van der Waals surface area contributed by atoms with E-state index in [-0.39, 0.29) is 11.8 Å². The zero-order valence-electron chi connectivity index (χ0n) is 15.2. The van der Waals surface area contributed by atoms with Gasteiger partial charge in [0.15, 0.2) is 0 Å². The third kappa shape index (κ3) is 4.33. The van der Waals surface area contributed by atoms with Crippen LogP contribution in [0.15, 0.2) is 85.2 Å². The number of hydrogen-bond acceptors (Lipinski definition) is 5. The van der Waals surface area contributed by atoms with Crippen LogP contribution in [0, 0.1) is 0 Å². The van der Waals surface area contributed by atoms with Gasteiger partial charge in [-0.25, -0.2) is 4.68 Å². The van der Waals surface area contributed by atoms with Crippen molar-refractivity contribution in [3.63, 3.8) is 0 Å². The van der Waals surface area contributed by atoms with E-state index in [9.17, 15) is 9.59 Å². The van der Waals surface area contributed by atoms with Crippen molar-refractivity contribution in [2.24, 2.45) is 0 Å². The van der Waals surface area contributed by atoms with Crippen molar-refractivity contribution in [1.82, 2.24) is 20.2 Å². The molecule has 1 aromatic heterocycles. The van der Waals surface area contributed by atoms with Crippen LogP contribution in [0.4, 0.5) is 11.4 Å². The summed E-state index contributed by atoms with van der Waals surface area (Å²) in [5.74, 6) is -0.452. The molecule has 0 aliphatic carbocycles. The maximum Gasteiger partial charge on any atom is 0.255 e. The van der Waals surface area contributed by atoms with Crippen LogP contribution in [0.3, 0.4) is 0 Å². The van der Waals surface area contributed by atoms with Gasteiger partial charge in [-0.2, -0.15) is 0 Å². The average molecular weight is 384 g/mol. The van der Waals surface area contributed by atoms with Crippen LogP contribution in [-0.4, -0.2) is 32.0 Å². The first-order valence-corrected chi connectivity index (χ1v) is 8.80. The zero-order valence-corrected chi connectivity index (χ0v) is 15.2. The van der Waals surface area contributed by atoms with Crippen molar-refractivity contribution in [2.45, 2.75) is 0 Å². The highest BCUT2D eigenvalue weighted by molar-refractivity contribution is 6.06. The number of nitrogens with zero attached hydrogens (tertiary/aromatic N) is 4. The van der Waals surface area contributed by atoms with Gasteiger partial charge in [-0.05, 0) is 71.1 Å². The van der Waals surface area contributed by atoms with E-state index in [2.05, 4.69) is 26.2 Å². The van der Waals surface area contributed by atoms with Gasteiger partial charge in [-0.1, -0.05) is 18.2 Å². The first-order chi connectivity index (χ1) is 14.2. The third-order valence-corrected chi connectivity index (χ3v) is 4.18. The molecule has 2 N–H and O–H groups in total. The number of tetrazole rings is 1. The largest absolute Gasteiger partial charge is 0.322 e. The Kier molecular flexibility index (Phi) is 5.06. The summed E-state index contributed by atoms with van der Waals surface area (Å²) >= 11 is 0. The molecular formula is C21H16N6O2. The molecule has 0 spiro atoms. The number of nitrogens with one attached hydrogen (secondary N) is 2. The van der Waals surface area contributed by atoms with Gasteiger partial charge in [-0.3, -0.25) is 9.59 Å². The molecule has 0 unspecified atom stereocenters. The summed E-state index contributed by atoms with van der Waals surface area (Å²) in [4.78, 5) is 24.6. The third-order valence-electron chi connectivity index (χ3n) is 4.18. The van der Waals surface area contributed by atoms with E-state index in [0.717, 1.165) is 5.69 Å². The molecule has 4 rings (SSSR count). The molecule has 0 aliphatic heterocycles. The minimum atomic E-state index is -0.249. The fraction of sp³-hybridized carbons (Fsp3) is 0. The fourth-order valence-corrected chi connectivity index (χ4v) is 2.68. The number of hydrogen-bond donors (Lipinski definition) is 2. The maximum atomic E-state index is 12.4. The predicted octanol–water partition coefficient (Wildman–Crippen LogP) is 3.17. The highest BCUT2D eigenvalue weighted by Crippen LogP contribution is 2.15. The summed E-state index contributed by atoms with van der Waals surface area (Å²) < 4.78 is 1.52.